The van der Waals surface area contributed by atoms with E-state index >= 15 is 0 Å². The van der Waals surface area contributed by atoms with Crippen molar-refractivity contribution in [3.05, 3.63) is 0 Å². The van der Waals surface area contributed by atoms with Crippen LogP contribution in [-0.4, -0.2) is 45.4 Å². The topological polar surface area (TPSA) is 93.1 Å². The summed E-state index contributed by atoms with van der Waals surface area (Å²) in [5.41, 5.74) is -2.82. The molecule has 0 aromatic carbocycles. The summed E-state index contributed by atoms with van der Waals surface area (Å²) in [6.45, 7) is 8.16. The van der Waals surface area contributed by atoms with Gasteiger partial charge in [-0.3, -0.25) is 4.74 Å². The molecule has 4 unspecified atom stereocenters. The fourth-order valence-corrected chi connectivity index (χ4v) is 6.44. The first-order chi connectivity index (χ1) is 17.3. The van der Waals surface area contributed by atoms with Gasteiger partial charge in [-0.15, -0.1) is 4.52 Å². The zero-order chi connectivity index (χ0) is 27.1. The largest absolute Gasteiger partial charge is 0.589 e. The van der Waals surface area contributed by atoms with E-state index in [4.69, 9.17) is 9.26 Å². The molecule has 0 saturated carbocycles. The summed E-state index contributed by atoms with van der Waals surface area (Å²) >= 11 is 1.79. The van der Waals surface area contributed by atoms with Gasteiger partial charge in [-0.1, -0.05) is 117 Å². The third-order valence-electron chi connectivity index (χ3n) is 6.48. The van der Waals surface area contributed by atoms with Crippen LogP contribution in [0.15, 0.2) is 0 Å². The number of rotatable bonds is 27. The summed E-state index contributed by atoms with van der Waals surface area (Å²) in [4.78, 5) is 11.7. The van der Waals surface area contributed by atoms with Crippen LogP contribution in [0.25, 0.3) is 0 Å². The Morgan fingerprint density at radius 2 is 1.28 bits per heavy atom. The second kappa shape index (κ2) is 23.9. The van der Waals surface area contributed by atoms with Crippen molar-refractivity contribution < 1.29 is 28.8 Å². The normalized spacial score (nSPS) is 15.4. The minimum atomic E-state index is -2.91. The highest BCUT2D eigenvalue weighted by atomic mass is 32.2. The zero-order valence-corrected chi connectivity index (χ0v) is 25.4. The molecule has 36 heavy (non-hydrogen) atoms. The Labute approximate surface area is 226 Å². The number of thioether (sulfide) groups is 1. The van der Waals surface area contributed by atoms with Crippen molar-refractivity contribution in [2.24, 2.45) is 0 Å². The minimum Gasteiger partial charge on any atom is -0.474 e. The quantitative estimate of drug-likeness (QED) is 0.0597. The number of aliphatic hydroxyl groups is 1. The molecule has 0 aromatic rings. The van der Waals surface area contributed by atoms with E-state index in [2.05, 4.69) is 13.8 Å². The van der Waals surface area contributed by atoms with E-state index in [1.54, 1.807) is 18.7 Å². The van der Waals surface area contributed by atoms with Crippen LogP contribution in [0.3, 0.4) is 0 Å². The molecular weight excluding hydrogens is 495 g/mol. The third-order valence-corrected chi connectivity index (χ3v) is 9.26. The third kappa shape index (κ3) is 17.3. The summed E-state index contributed by atoms with van der Waals surface area (Å²) in [6.07, 6.45) is 21.0. The Morgan fingerprint density at radius 1 is 0.806 bits per heavy atom. The van der Waals surface area contributed by atoms with Crippen molar-refractivity contribution in [1.82, 2.24) is 0 Å². The summed E-state index contributed by atoms with van der Waals surface area (Å²) < 4.78 is 23.0. The molecule has 0 saturated heterocycles. The maximum Gasteiger partial charge on any atom is 0.589 e. The molecule has 0 radical (unpaired) electrons. The van der Waals surface area contributed by atoms with Crippen LogP contribution in [-0.2, 0) is 18.6 Å². The van der Waals surface area contributed by atoms with Crippen molar-refractivity contribution in [3.8, 4) is 0 Å². The number of ether oxygens (including phenoxy) is 1. The van der Waals surface area contributed by atoms with Gasteiger partial charge in [-0.25, -0.2) is 4.79 Å². The Balaban J connectivity index is 4.58. The van der Waals surface area contributed by atoms with E-state index in [9.17, 15) is 19.6 Å². The molecule has 4 atom stereocenters. The Bertz CT molecular complexity index is 550. The summed E-state index contributed by atoms with van der Waals surface area (Å²) in [5, 5.41) is 20.2. The number of hydrogen-bond donors (Lipinski definition) is 2. The van der Waals surface area contributed by atoms with Crippen molar-refractivity contribution >= 4 is 25.8 Å². The predicted molar refractivity (Wildman–Crippen MR) is 153 cm³/mol. The molecule has 0 aliphatic heterocycles. The van der Waals surface area contributed by atoms with E-state index in [-0.39, 0.29) is 11.9 Å². The minimum absolute atomic E-state index is 0.0372. The van der Waals surface area contributed by atoms with Crippen molar-refractivity contribution in [3.63, 3.8) is 0 Å². The maximum absolute atomic E-state index is 12.4. The van der Waals surface area contributed by atoms with Gasteiger partial charge in [0, 0.05) is 5.25 Å². The molecular formula is C28H56O6PS+. The number of carbonyl (C=O) groups is 1. The van der Waals surface area contributed by atoms with E-state index in [1.807, 2.05) is 6.92 Å². The molecule has 6 nitrogen and oxygen atoms in total. The Hall–Kier alpha value is -0.200. The van der Waals surface area contributed by atoms with Gasteiger partial charge in [0.05, 0.1) is 6.10 Å². The van der Waals surface area contributed by atoms with Gasteiger partial charge in [0.1, 0.15) is 6.61 Å². The molecule has 0 rings (SSSR count). The fraction of sp³-hybridized carbons (Fsp3) is 0.964. The number of hydrogen-bond acceptors (Lipinski definition) is 6. The average Bonchev–Trinajstić information content (AvgIpc) is 2.86. The van der Waals surface area contributed by atoms with Gasteiger partial charge < -0.3 is 10.2 Å². The second-order valence-electron chi connectivity index (χ2n) is 9.97. The lowest BCUT2D eigenvalue weighted by Crippen LogP contribution is -2.43. The molecule has 0 aliphatic rings. The standard InChI is InChI=1S/C28H55O6PS/c1-5-8-10-12-13-14-15-16-17-19-21-24-36-26(22-20-18-11-9-6-2)25(4)34-28(31,27(29)30)35(32)33-23-7-3/h25-26,31H,5-24H2,1-4H3/p+1. The number of carboxylic acid groups (broad SMARTS) is 1. The zero-order valence-electron chi connectivity index (χ0n) is 23.7. The molecule has 0 heterocycles. The molecule has 0 amide bonds. The van der Waals surface area contributed by atoms with Gasteiger partial charge >= 0.3 is 19.5 Å². The van der Waals surface area contributed by atoms with Crippen LogP contribution in [0.5, 0.6) is 0 Å². The van der Waals surface area contributed by atoms with Crippen LogP contribution in [0, 0.1) is 0 Å². The van der Waals surface area contributed by atoms with E-state index in [0.717, 1.165) is 31.4 Å². The van der Waals surface area contributed by atoms with Crippen LogP contribution >= 0.6 is 19.8 Å². The highest BCUT2D eigenvalue weighted by Gasteiger charge is 2.61. The average molecular weight is 552 g/mol. The van der Waals surface area contributed by atoms with Gasteiger partial charge in [0.2, 0.25) is 0 Å². The van der Waals surface area contributed by atoms with Gasteiger partial charge in [0.15, 0.2) is 0 Å². The van der Waals surface area contributed by atoms with Crippen LogP contribution in [0.1, 0.15) is 143 Å². The summed E-state index contributed by atoms with van der Waals surface area (Å²) in [6, 6.07) is 0. The van der Waals surface area contributed by atoms with Crippen molar-refractivity contribution in [1.29, 1.82) is 0 Å². The molecule has 2 N–H and O–H groups in total. The predicted octanol–water partition coefficient (Wildman–Crippen LogP) is 9.06. The highest BCUT2D eigenvalue weighted by Crippen LogP contribution is 2.42. The van der Waals surface area contributed by atoms with Crippen LogP contribution in [0.4, 0.5) is 0 Å². The molecule has 0 aromatic heterocycles. The molecule has 0 fully saturated rings. The smallest absolute Gasteiger partial charge is 0.474 e. The highest BCUT2D eigenvalue weighted by molar-refractivity contribution is 7.99. The lowest BCUT2D eigenvalue weighted by atomic mass is 10.1. The lowest BCUT2D eigenvalue weighted by Gasteiger charge is -2.26. The number of aliphatic carboxylic acids is 1. The number of unbranched alkanes of at least 4 members (excludes halogenated alkanes) is 14. The first-order valence-electron chi connectivity index (χ1n) is 14.7. The molecule has 0 aliphatic carbocycles. The van der Waals surface area contributed by atoms with Crippen LogP contribution < -0.4 is 0 Å². The molecule has 0 bridgehead atoms. The van der Waals surface area contributed by atoms with Gasteiger partial charge in [-0.2, -0.15) is 11.8 Å². The Morgan fingerprint density at radius 3 is 1.75 bits per heavy atom. The molecule has 8 heteroatoms. The molecule has 0 spiro atoms. The first-order valence-corrected chi connectivity index (χ1v) is 16.9. The van der Waals surface area contributed by atoms with E-state index in [0.29, 0.717) is 6.42 Å². The first kappa shape index (κ1) is 35.8. The fourth-order valence-electron chi connectivity index (χ4n) is 4.17. The second-order valence-corrected chi connectivity index (χ2v) is 12.7. The maximum atomic E-state index is 12.4. The van der Waals surface area contributed by atoms with Gasteiger partial charge in [0.25, 0.3) is 0 Å². The van der Waals surface area contributed by atoms with Crippen molar-refractivity contribution in [2.45, 2.75) is 160 Å². The summed E-state index contributed by atoms with van der Waals surface area (Å²) in [7, 11) is -2.91. The Kier molecular flexibility index (Phi) is 23.8. The van der Waals surface area contributed by atoms with E-state index in [1.165, 1.54) is 83.5 Å². The SMILES string of the molecule is CCCCCCCCCCCCCSC(CCCCCCC)C(C)OC(O)(C(=O)O)[P+](=O)OCCC. The van der Waals surface area contributed by atoms with Gasteiger partial charge in [-0.05, 0) is 36.5 Å². The monoisotopic (exact) mass is 551 g/mol. The molecule has 214 valence electrons. The van der Waals surface area contributed by atoms with E-state index < -0.39 is 25.6 Å². The van der Waals surface area contributed by atoms with Crippen LogP contribution in [0.2, 0.25) is 0 Å². The number of carboxylic acids is 1. The van der Waals surface area contributed by atoms with Crippen molar-refractivity contribution in [2.75, 3.05) is 12.4 Å². The summed E-state index contributed by atoms with van der Waals surface area (Å²) in [5.74, 6) is -0.683. The lowest BCUT2D eigenvalue weighted by molar-refractivity contribution is -0.203.